The predicted octanol–water partition coefficient (Wildman–Crippen LogP) is 4.55. The van der Waals surface area contributed by atoms with Gasteiger partial charge in [0.05, 0.1) is 11.7 Å². The van der Waals surface area contributed by atoms with Crippen LogP contribution in [-0.2, 0) is 0 Å². The lowest BCUT2D eigenvalue weighted by Gasteiger charge is -2.22. The molecule has 1 saturated carbocycles. The maximum atomic E-state index is 4.72. The summed E-state index contributed by atoms with van der Waals surface area (Å²) in [6, 6.07) is 11.7. The van der Waals surface area contributed by atoms with Gasteiger partial charge in [0.2, 0.25) is 5.95 Å². The van der Waals surface area contributed by atoms with Gasteiger partial charge < -0.3 is 9.88 Å². The number of nitrogens with one attached hydrogen (secondary N) is 1. The standard InChI is InChI=1S/C18H25N3/c1-3-17(15-9-5-4-6-10-15)21-13-14(2)19-18(21)20-16-11-7-8-12-16/h4-6,9-10,13,16-17H,3,7-8,11-12H2,1-2H3,(H,19,20). The Morgan fingerprint density at radius 3 is 2.62 bits per heavy atom. The summed E-state index contributed by atoms with van der Waals surface area (Å²) in [4.78, 5) is 4.72. The van der Waals surface area contributed by atoms with Gasteiger partial charge in [-0.2, -0.15) is 0 Å². The summed E-state index contributed by atoms with van der Waals surface area (Å²) >= 11 is 0. The van der Waals surface area contributed by atoms with Gasteiger partial charge in [-0.1, -0.05) is 50.1 Å². The zero-order valence-electron chi connectivity index (χ0n) is 13.0. The largest absolute Gasteiger partial charge is 0.353 e. The molecule has 0 radical (unpaired) electrons. The van der Waals surface area contributed by atoms with Gasteiger partial charge in [-0.25, -0.2) is 4.98 Å². The van der Waals surface area contributed by atoms with Crippen LogP contribution in [-0.4, -0.2) is 15.6 Å². The number of aryl methyl sites for hydroxylation is 1. The maximum absolute atomic E-state index is 4.72. The van der Waals surface area contributed by atoms with Crippen molar-refractivity contribution in [1.29, 1.82) is 0 Å². The quantitative estimate of drug-likeness (QED) is 0.872. The van der Waals surface area contributed by atoms with E-state index in [0.29, 0.717) is 12.1 Å². The van der Waals surface area contributed by atoms with Crippen LogP contribution in [0.5, 0.6) is 0 Å². The third-order valence-electron chi connectivity index (χ3n) is 4.45. The molecule has 3 heteroatoms. The lowest BCUT2D eigenvalue weighted by atomic mass is 10.0. The van der Waals surface area contributed by atoms with E-state index in [2.05, 4.69) is 60.3 Å². The number of rotatable bonds is 5. The monoisotopic (exact) mass is 283 g/mol. The summed E-state index contributed by atoms with van der Waals surface area (Å²) in [7, 11) is 0. The van der Waals surface area contributed by atoms with E-state index in [1.807, 2.05) is 0 Å². The van der Waals surface area contributed by atoms with Crippen LogP contribution in [0.1, 0.15) is 56.3 Å². The Balaban J connectivity index is 1.89. The minimum absolute atomic E-state index is 0.358. The highest BCUT2D eigenvalue weighted by Crippen LogP contribution is 2.28. The molecule has 1 aromatic heterocycles. The van der Waals surface area contributed by atoms with E-state index in [4.69, 9.17) is 4.98 Å². The Bertz CT molecular complexity index is 567. The third-order valence-corrected chi connectivity index (χ3v) is 4.45. The van der Waals surface area contributed by atoms with E-state index < -0.39 is 0 Å². The molecule has 0 aliphatic heterocycles. The zero-order valence-corrected chi connectivity index (χ0v) is 13.0. The lowest BCUT2D eigenvalue weighted by Crippen LogP contribution is -2.20. The summed E-state index contributed by atoms with van der Waals surface area (Å²) < 4.78 is 2.32. The molecule has 1 unspecified atom stereocenters. The first-order valence-electron chi connectivity index (χ1n) is 8.15. The summed E-state index contributed by atoms with van der Waals surface area (Å²) in [5, 5.41) is 3.67. The summed E-state index contributed by atoms with van der Waals surface area (Å²) in [6.07, 6.45) is 8.47. The van der Waals surface area contributed by atoms with Crippen LogP contribution in [0, 0.1) is 6.92 Å². The van der Waals surface area contributed by atoms with Gasteiger partial charge in [0.25, 0.3) is 0 Å². The number of hydrogen-bond donors (Lipinski definition) is 1. The predicted molar refractivity (Wildman–Crippen MR) is 87.7 cm³/mol. The smallest absolute Gasteiger partial charge is 0.203 e. The summed E-state index contributed by atoms with van der Waals surface area (Å²) in [6.45, 7) is 4.32. The van der Waals surface area contributed by atoms with Gasteiger partial charge in [-0.3, -0.25) is 0 Å². The van der Waals surface area contributed by atoms with Gasteiger partial charge >= 0.3 is 0 Å². The molecule has 0 bridgehead atoms. The fourth-order valence-electron chi connectivity index (χ4n) is 3.38. The number of imidazole rings is 1. The molecule has 1 aromatic carbocycles. The Morgan fingerprint density at radius 2 is 1.95 bits per heavy atom. The van der Waals surface area contributed by atoms with E-state index in [-0.39, 0.29) is 0 Å². The first-order chi connectivity index (χ1) is 10.3. The van der Waals surface area contributed by atoms with Crippen LogP contribution in [0.2, 0.25) is 0 Å². The average molecular weight is 283 g/mol. The highest BCUT2D eigenvalue weighted by molar-refractivity contribution is 5.34. The molecule has 1 aliphatic rings. The van der Waals surface area contributed by atoms with Crippen LogP contribution < -0.4 is 5.32 Å². The molecule has 112 valence electrons. The van der Waals surface area contributed by atoms with Gasteiger partial charge in [-0.15, -0.1) is 0 Å². The van der Waals surface area contributed by atoms with Crippen molar-refractivity contribution in [3.63, 3.8) is 0 Å². The Morgan fingerprint density at radius 1 is 1.24 bits per heavy atom. The zero-order chi connectivity index (χ0) is 14.7. The van der Waals surface area contributed by atoms with Crippen molar-refractivity contribution in [1.82, 2.24) is 9.55 Å². The van der Waals surface area contributed by atoms with Crippen LogP contribution in [0.3, 0.4) is 0 Å². The van der Waals surface area contributed by atoms with E-state index >= 15 is 0 Å². The van der Waals surface area contributed by atoms with Gasteiger partial charge in [0, 0.05) is 12.2 Å². The van der Waals surface area contributed by atoms with Gasteiger partial charge in [-0.05, 0) is 31.7 Å². The van der Waals surface area contributed by atoms with Crippen molar-refractivity contribution in [3.05, 3.63) is 47.8 Å². The van der Waals surface area contributed by atoms with Crippen LogP contribution in [0.4, 0.5) is 5.95 Å². The van der Waals surface area contributed by atoms with Crippen molar-refractivity contribution in [2.75, 3.05) is 5.32 Å². The van der Waals surface area contributed by atoms with E-state index in [9.17, 15) is 0 Å². The third kappa shape index (κ3) is 3.12. The fraction of sp³-hybridized carbons (Fsp3) is 0.500. The molecule has 0 spiro atoms. The SMILES string of the molecule is CCC(c1ccccc1)n1cc(C)nc1NC1CCCC1. The number of aromatic nitrogens is 2. The molecule has 21 heavy (non-hydrogen) atoms. The molecular formula is C18H25N3. The van der Waals surface area contributed by atoms with Gasteiger partial charge in [0.15, 0.2) is 0 Å². The number of hydrogen-bond acceptors (Lipinski definition) is 2. The van der Waals surface area contributed by atoms with E-state index in [1.54, 1.807) is 0 Å². The topological polar surface area (TPSA) is 29.9 Å². The first kappa shape index (κ1) is 14.2. The molecule has 1 heterocycles. The Kier molecular flexibility index (Phi) is 4.28. The summed E-state index contributed by atoms with van der Waals surface area (Å²) in [5.41, 5.74) is 2.44. The molecule has 3 nitrogen and oxygen atoms in total. The minimum Gasteiger partial charge on any atom is -0.353 e. The average Bonchev–Trinajstić information content (AvgIpc) is 3.12. The fourth-order valence-corrected chi connectivity index (χ4v) is 3.38. The molecule has 1 fully saturated rings. The van der Waals surface area contributed by atoms with Crippen molar-refractivity contribution >= 4 is 5.95 Å². The molecule has 1 aliphatic carbocycles. The normalized spacial score (nSPS) is 17.0. The number of nitrogens with zero attached hydrogens (tertiary/aromatic N) is 2. The molecule has 2 aromatic rings. The van der Waals surface area contributed by atoms with Crippen LogP contribution in [0.15, 0.2) is 36.5 Å². The van der Waals surface area contributed by atoms with Crippen molar-refractivity contribution < 1.29 is 0 Å². The lowest BCUT2D eigenvalue weighted by molar-refractivity contribution is 0.565. The van der Waals surface area contributed by atoms with Crippen molar-refractivity contribution in [3.8, 4) is 0 Å². The maximum Gasteiger partial charge on any atom is 0.203 e. The molecule has 0 amide bonds. The highest BCUT2D eigenvalue weighted by Gasteiger charge is 2.20. The molecule has 1 N–H and O–H groups in total. The van der Waals surface area contributed by atoms with Crippen LogP contribution >= 0.6 is 0 Å². The Labute approximate surface area is 127 Å². The first-order valence-corrected chi connectivity index (χ1v) is 8.15. The van der Waals surface area contributed by atoms with Crippen molar-refractivity contribution in [2.24, 2.45) is 0 Å². The second-order valence-electron chi connectivity index (χ2n) is 6.07. The second-order valence-corrected chi connectivity index (χ2v) is 6.07. The molecule has 0 saturated heterocycles. The number of anilines is 1. The Hall–Kier alpha value is -1.77. The molecule has 1 atom stereocenters. The van der Waals surface area contributed by atoms with E-state index in [1.165, 1.54) is 31.2 Å². The molecular weight excluding hydrogens is 258 g/mol. The highest BCUT2D eigenvalue weighted by atomic mass is 15.2. The van der Waals surface area contributed by atoms with E-state index in [0.717, 1.165) is 18.1 Å². The summed E-state index contributed by atoms with van der Waals surface area (Å²) in [5.74, 6) is 1.04. The van der Waals surface area contributed by atoms with Crippen molar-refractivity contribution in [2.45, 2.75) is 58.0 Å². The number of benzene rings is 1. The van der Waals surface area contributed by atoms with Gasteiger partial charge in [0.1, 0.15) is 0 Å². The second kappa shape index (κ2) is 6.33. The molecule has 3 rings (SSSR count). The minimum atomic E-state index is 0.358. The van der Waals surface area contributed by atoms with Crippen LogP contribution in [0.25, 0.3) is 0 Å².